The number of aliphatic imine (C=N–C) groups is 1. The Balaban J connectivity index is 0.00000625. The van der Waals surface area contributed by atoms with Gasteiger partial charge in [0.2, 0.25) is 0 Å². The molecule has 0 aromatic carbocycles. The first-order chi connectivity index (χ1) is 11.8. The van der Waals surface area contributed by atoms with Crippen LogP contribution in [0.2, 0.25) is 0 Å². The second-order valence-electron chi connectivity index (χ2n) is 8.02. The number of nitrogens with zero attached hydrogens (tertiary/aromatic N) is 2. The molecule has 1 heterocycles. The standard InChI is InChI=1S/C19H40N4O2.HI/c1-6-20-18(21-12-17(24)14-25-13-16(2)3)22-15-19(4,5)23-10-8-7-9-11-23;/h16-17,24H,6-15H2,1-5H3,(H2,20,21,22);1H. The lowest BCUT2D eigenvalue weighted by atomic mass is 9.99. The number of nitrogens with one attached hydrogen (secondary N) is 2. The summed E-state index contributed by atoms with van der Waals surface area (Å²) in [6.07, 6.45) is 3.39. The van der Waals surface area contributed by atoms with Crippen LogP contribution in [0.4, 0.5) is 0 Å². The Hall–Kier alpha value is -0.120. The molecule has 7 heteroatoms. The van der Waals surface area contributed by atoms with E-state index in [0.29, 0.717) is 25.7 Å². The van der Waals surface area contributed by atoms with Crippen LogP contribution in [-0.2, 0) is 4.74 Å². The largest absolute Gasteiger partial charge is 0.389 e. The molecule has 0 aromatic rings. The van der Waals surface area contributed by atoms with E-state index in [-0.39, 0.29) is 29.5 Å². The molecule has 0 aliphatic carbocycles. The van der Waals surface area contributed by atoms with Gasteiger partial charge in [-0.15, -0.1) is 24.0 Å². The van der Waals surface area contributed by atoms with Crippen LogP contribution < -0.4 is 10.6 Å². The Morgan fingerprint density at radius 3 is 2.38 bits per heavy atom. The van der Waals surface area contributed by atoms with Crippen LogP contribution in [0.3, 0.4) is 0 Å². The van der Waals surface area contributed by atoms with E-state index in [4.69, 9.17) is 9.73 Å². The Labute approximate surface area is 177 Å². The topological polar surface area (TPSA) is 69.1 Å². The summed E-state index contributed by atoms with van der Waals surface area (Å²) in [5.41, 5.74) is 0.0573. The van der Waals surface area contributed by atoms with Gasteiger partial charge in [0.1, 0.15) is 0 Å². The molecule has 1 fully saturated rings. The first-order valence-electron chi connectivity index (χ1n) is 9.88. The molecule has 1 saturated heterocycles. The zero-order valence-electron chi connectivity index (χ0n) is 17.4. The molecule has 0 aromatic heterocycles. The summed E-state index contributed by atoms with van der Waals surface area (Å²) in [6, 6.07) is 0. The average Bonchev–Trinajstić information content (AvgIpc) is 2.58. The summed E-state index contributed by atoms with van der Waals surface area (Å²) in [5, 5.41) is 16.5. The fourth-order valence-corrected chi connectivity index (χ4v) is 2.93. The number of rotatable bonds is 10. The summed E-state index contributed by atoms with van der Waals surface area (Å²) >= 11 is 0. The molecular weight excluding hydrogens is 443 g/mol. The van der Waals surface area contributed by atoms with Gasteiger partial charge in [-0.1, -0.05) is 20.3 Å². The predicted octanol–water partition coefficient (Wildman–Crippen LogP) is 2.46. The van der Waals surface area contributed by atoms with E-state index < -0.39 is 6.10 Å². The van der Waals surface area contributed by atoms with Gasteiger partial charge in [-0.2, -0.15) is 0 Å². The molecule has 156 valence electrons. The van der Waals surface area contributed by atoms with Crippen LogP contribution in [0.1, 0.15) is 53.9 Å². The number of aliphatic hydroxyl groups excluding tert-OH is 1. The predicted molar refractivity (Wildman–Crippen MR) is 121 cm³/mol. The van der Waals surface area contributed by atoms with Gasteiger partial charge < -0.3 is 20.5 Å². The lowest BCUT2D eigenvalue weighted by Crippen LogP contribution is -2.50. The van der Waals surface area contributed by atoms with Crippen molar-refractivity contribution in [2.75, 3.05) is 45.9 Å². The van der Waals surface area contributed by atoms with Crippen LogP contribution in [0.5, 0.6) is 0 Å². The van der Waals surface area contributed by atoms with E-state index in [9.17, 15) is 5.11 Å². The van der Waals surface area contributed by atoms with Gasteiger partial charge in [-0.25, -0.2) is 0 Å². The quantitative estimate of drug-likeness (QED) is 0.253. The molecule has 3 N–H and O–H groups in total. The molecule has 1 atom stereocenters. The minimum atomic E-state index is -0.530. The summed E-state index contributed by atoms with van der Waals surface area (Å²) in [6.45, 7) is 16.1. The van der Waals surface area contributed by atoms with Crippen molar-refractivity contribution in [2.45, 2.75) is 65.5 Å². The van der Waals surface area contributed by atoms with Crippen molar-refractivity contribution >= 4 is 29.9 Å². The van der Waals surface area contributed by atoms with Crippen molar-refractivity contribution in [1.29, 1.82) is 0 Å². The molecule has 1 unspecified atom stereocenters. The molecule has 0 bridgehead atoms. The third kappa shape index (κ3) is 10.9. The van der Waals surface area contributed by atoms with Gasteiger partial charge in [0.25, 0.3) is 0 Å². The van der Waals surface area contributed by atoms with E-state index in [2.05, 4.69) is 50.2 Å². The monoisotopic (exact) mass is 484 g/mol. The van der Waals surface area contributed by atoms with E-state index in [1.807, 2.05) is 0 Å². The highest BCUT2D eigenvalue weighted by atomic mass is 127. The van der Waals surface area contributed by atoms with E-state index in [0.717, 1.165) is 19.0 Å². The lowest BCUT2D eigenvalue weighted by Gasteiger charge is -2.40. The minimum absolute atomic E-state index is 0. The lowest BCUT2D eigenvalue weighted by molar-refractivity contribution is 0.0280. The van der Waals surface area contributed by atoms with Gasteiger partial charge in [0.15, 0.2) is 5.96 Å². The smallest absolute Gasteiger partial charge is 0.191 e. The molecule has 1 rings (SSSR count). The fraction of sp³-hybridized carbons (Fsp3) is 0.947. The Kier molecular flexibility index (Phi) is 13.9. The maximum Gasteiger partial charge on any atom is 0.191 e. The zero-order valence-corrected chi connectivity index (χ0v) is 19.7. The van der Waals surface area contributed by atoms with Crippen molar-refractivity contribution < 1.29 is 9.84 Å². The number of halogens is 1. The second kappa shape index (κ2) is 14.0. The van der Waals surface area contributed by atoms with Crippen molar-refractivity contribution in [3.8, 4) is 0 Å². The van der Waals surface area contributed by atoms with E-state index in [1.165, 1.54) is 32.4 Å². The highest BCUT2D eigenvalue weighted by Crippen LogP contribution is 2.20. The second-order valence-corrected chi connectivity index (χ2v) is 8.02. The third-order valence-electron chi connectivity index (χ3n) is 4.45. The molecule has 0 spiro atoms. The molecular formula is C19H41IN4O2. The van der Waals surface area contributed by atoms with Gasteiger partial charge in [0.05, 0.1) is 19.3 Å². The van der Waals surface area contributed by atoms with Gasteiger partial charge in [-0.3, -0.25) is 9.89 Å². The number of piperidine rings is 1. The summed E-state index contributed by atoms with van der Waals surface area (Å²) < 4.78 is 5.49. The Bertz CT molecular complexity index is 386. The molecule has 26 heavy (non-hydrogen) atoms. The molecule has 6 nitrogen and oxygen atoms in total. The number of hydrogen-bond acceptors (Lipinski definition) is 4. The number of guanidine groups is 1. The fourth-order valence-electron chi connectivity index (χ4n) is 2.93. The molecule has 1 aliphatic heterocycles. The maximum atomic E-state index is 10.0. The number of hydrogen-bond donors (Lipinski definition) is 3. The number of aliphatic hydroxyl groups is 1. The zero-order chi connectivity index (χ0) is 18.7. The van der Waals surface area contributed by atoms with Gasteiger partial charge >= 0.3 is 0 Å². The summed E-state index contributed by atoms with van der Waals surface area (Å²) in [4.78, 5) is 7.28. The van der Waals surface area contributed by atoms with Crippen molar-refractivity contribution in [3.63, 3.8) is 0 Å². The van der Waals surface area contributed by atoms with Crippen LogP contribution in [0.15, 0.2) is 4.99 Å². The number of likely N-dealkylation sites (tertiary alicyclic amines) is 1. The third-order valence-corrected chi connectivity index (χ3v) is 4.45. The van der Waals surface area contributed by atoms with E-state index in [1.54, 1.807) is 0 Å². The normalized spacial score (nSPS) is 17.7. The van der Waals surface area contributed by atoms with Gasteiger partial charge in [-0.05, 0) is 52.6 Å². The Morgan fingerprint density at radius 1 is 1.15 bits per heavy atom. The molecule has 1 aliphatic rings. The highest BCUT2D eigenvalue weighted by molar-refractivity contribution is 14.0. The average molecular weight is 484 g/mol. The molecule has 0 saturated carbocycles. The number of ether oxygens (including phenoxy) is 1. The van der Waals surface area contributed by atoms with Crippen LogP contribution in [0.25, 0.3) is 0 Å². The Morgan fingerprint density at radius 2 is 1.81 bits per heavy atom. The summed E-state index contributed by atoms with van der Waals surface area (Å²) in [5.74, 6) is 1.24. The van der Waals surface area contributed by atoms with Crippen LogP contribution in [0, 0.1) is 5.92 Å². The molecule has 0 amide bonds. The summed E-state index contributed by atoms with van der Waals surface area (Å²) in [7, 11) is 0. The van der Waals surface area contributed by atoms with Crippen LogP contribution in [-0.4, -0.2) is 73.5 Å². The van der Waals surface area contributed by atoms with Crippen LogP contribution >= 0.6 is 24.0 Å². The minimum Gasteiger partial charge on any atom is -0.389 e. The maximum absolute atomic E-state index is 10.0. The first-order valence-corrected chi connectivity index (χ1v) is 9.88. The van der Waals surface area contributed by atoms with Crippen molar-refractivity contribution in [1.82, 2.24) is 15.5 Å². The molecule has 0 radical (unpaired) electrons. The van der Waals surface area contributed by atoms with Gasteiger partial charge in [0, 0.05) is 25.2 Å². The highest BCUT2D eigenvalue weighted by Gasteiger charge is 2.27. The van der Waals surface area contributed by atoms with E-state index >= 15 is 0 Å². The first kappa shape index (κ1) is 25.9. The van der Waals surface area contributed by atoms with Crippen molar-refractivity contribution in [3.05, 3.63) is 0 Å². The van der Waals surface area contributed by atoms with Crippen molar-refractivity contribution in [2.24, 2.45) is 10.9 Å². The SMILES string of the molecule is CCNC(=NCC(C)(C)N1CCCCC1)NCC(O)COCC(C)C.I.